The Morgan fingerprint density at radius 1 is 0.935 bits per heavy atom. The highest BCUT2D eigenvalue weighted by Gasteiger charge is 2.19. The van der Waals surface area contributed by atoms with E-state index in [2.05, 4.69) is 0 Å². The average Bonchev–Trinajstić information content (AvgIpc) is 2.74. The van der Waals surface area contributed by atoms with Crippen LogP contribution in [-0.4, -0.2) is 61.2 Å². The van der Waals surface area contributed by atoms with E-state index in [1.54, 1.807) is 0 Å². The summed E-state index contributed by atoms with van der Waals surface area (Å²) in [5.74, 6) is -2.89. The number of ether oxygens (including phenoxy) is 1. The third-order valence-electron chi connectivity index (χ3n) is 4.75. The van der Waals surface area contributed by atoms with E-state index in [1.807, 2.05) is 0 Å². The molecule has 7 N–H and O–H groups in total. The molecule has 0 amide bonds. The smallest absolute Gasteiger partial charge is 0.201 e. The minimum Gasteiger partial charge on any atom is -0.504 e. The van der Waals surface area contributed by atoms with E-state index in [9.17, 15) is 30.3 Å². The first-order chi connectivity index (χ1) is 14.7. The summed E-state index contributed by atoms with van der Waals surface area (Å²) in [7, 11) is 0. The van der Waals surface area contributed by atoms with Gasteiger partial charge in [0.2, 0.25) is 5.75 Å². The Labute approximate surface area is 175 Å². The van der Waals surface area contributed by atoms with Crippen LogP contribution in [0.25, 0.3) is 22.3 Å². The molecule has 1 fully saturated rings. The molecule has 2 unspecified atom stereocenters. The molecule has 1 aromatic heterocycles. The van der Waals surface area contributed by atoms with Gasteiger partial charge in [-0.2, -0.15) is 0 Å². The Morgan fingerprint density at radius 3 is 2.29 bits per heavy atom. The van der Waals surface area contributed by atoms with E-state index in [-0.39, 0.29) is 41.3 Å². The highest BCUT2D eigenvalue weighted by Crippen LogP contribution is 2.40. The van der Waals surface area contributed by atoms with Crippen molar-refractivity contribution in [3.05, 3.63) is 40.6 Å². The number of hydrogen-bond donors (Lipinski definition) is 7. The molecule has 2 heterocycles. The third kappa shape index (κ3) is 4.82. The number of aromatic hydroxyl groups is 5. The van der Waals surface area contributed by atoms with Crippen molar-refractivity contribution in [1.29, 1.82) is 0 Å². The van der Waals surface area contributed by atoms with Gasteiger partial charge in [-0.05, 0) is 24.6 Å². The van der Waals surface area contributed by atoms with Crippen LogP contribution in [0.1, 0.15) is 12.8 Å². The minimum atomic E-state index is -0.810. The van der Waals surface area contributed by atoms with Crippen molar-refractivity contribution in [2.75, 3.05) is 13.2 Å². The summed E-state index contributed by atoms with van der Waals surface area (Å²) in [4.78, 5) is 12.1. The van der Waals surface area contributed by atoms with Gasteiger partial charge in [0.1, 0.15) is 16.7 Å². The molecule has 0 radical (unpaired) electrons. The van der Waals surface area contributed by atoms with Gasteiger partial charge in [-0.3, -0.25) is 4.79 Å². The number of phenols is 5. The second-order valence-corrected chi connectivity index (χ2v) is 7.00. The van der Waals surface area contributed by atoms with E-state index < -0.39 is 28.4 Å². The van der Waals surface area contributed by atoms with Gasteiger partial charge in [0.25, 0.3) is 0 Å². The lowest BCUT2D eigenvalue weighted by Gasteiger charge is -2.24. The molecule has 2 aromatic carbocycles. The van der Waals surface area contributed by atoms with Crippen LogP contribution in [-0.2, 0) is 4.74 Å². The molecule has 0 bridgehead atoms. The second kappa shape index (κ2) is 9.13. The van der Waals surface area contributed by atoms with E-state index >= 15 is 0 Å². The number of fused-ring (bicyclic) bond motifs is 1. The van der Waals surface area contributed by atoms with Gasteiger partial charge in [0.15, 0.2) is 28.4 Å². The second-order valence-electron chi connectivity index (χ2n) is 7.00. The SMILES string of the molecule is O=c1cc(-c2ccc(O)c(O)c2)oc2cc(O)c(O)c(O)c12.OCC1CC(O)CCO1. The molecule has 4 rings (SSSR count). The molecule has 3 aromatic rings. The van der Waals surface area contributed by atoms with Crippen molar-refractivity contribution in [2.24, 2.45) is 0 Å². The lowest BCUT2D eigenvalue weighted by molar-refractivity contribution is -0.0642. The van der Waals surface area contributed by atoms with Crippen molar-refractivity contribution < 1.29 is 44.9 Å². The fraction of sp³-hybridized carbons (Fsp3) is 0.286. The van der Waals surface area contributed by atoms with Crippen molar-refractivity contribution in [1.82, 2.24) is 0 Å². The predicted octanol–water partition coefficient (Wildman–Crippen LogP) is 1.51. The fourth-order valence-corrected chi connectivity index (χ4v) is 3.09. The largest absolute Gasteiger partial charge is 0.504 e. The van der Waals surface area contributed by atoms with E-state index in [4.69, 9.17) is 19.4 Å². The molecule has 2 atom stereocenters. The molecule has 0 aliphatic carbocycles. The van der Waals surface area contributed by atoms with Crippen LogP contribution in [0.3, 0.4) is 0 Å². The zero-order valence-electron chi connectivity index (χ0n) is 16.2. The summed E-state index contributed by atoms with van der Waals surface area (Å²) in [5, 5.41) is 64.7. The Bertz CT molecular complexity index is 1140. The van der Waals surface area contributed by atoms with E-state index in [0.717, 1.165) is 12.1 Å². The van der Waals surface area contributed by atoms with Crippen LogP contribution in [0.5, 0.6) is 28.7 Å². The van der Waals surface area contributed by atoms with Gasteiger partial charge in [0.05, 0.1) is 18.8 Å². The van der Waals surface area contributed by atoms with Crippen LogP contribution in [0.4, 0.5) is 0 Å². The van der Waals surface area contributed by atoms with Crippen LogP contribution < -0.4 is 5.43 Å². The molecule has 166 valence electrons. The van der Waals surface area contributed by atoms with Gasteiger partial charge < -0.3 is 44.9 Å². The number of aliphatic hydroxyl groups excluding tert-OH is 2. The molecule has 0 saturated carbocycles. The molecule has 31 heavy (non-hydrogen) atoms. The number of rotatable bonds is 2. The first-order valence-electron chi connectivity index (χ1n) is 9.35. The van der Waals surface area contributed by atoms with Crippen LogP contribution in [0.2, 0.25) is 0 Å². The van der Waals surface area contributed by atoms with Crippen LogP contribution in [0.15, 0.2) is 39.5 Å². The zero-order valence-corrected chi connectivity index (χ0v) is 16.2. The first-order valence-corrected chi connectivity index (χ1v) is 9.35. The van der Waals surface area contributed by atoms with E-state index in [0.29, 0.717) is 25.0 Å². The summed E-state index contributed by atoms with van der Waals surface area (Å²) in [6, 6.07) is 5.89. The monoisotopic (exact) mass is 434 g/mol. The van der Waals surface area contributed by atoms with Gasteiger partial charge in [0, 0.05) is 30.7 Å². The van der Waals surface area contributed by atoms with Crippen molar-refractivity contribution in [3.8, 4) is 40.1 Å². The standard InChI is InChI=1S/C15H10O7.C6H12O3/c16-7-2-1-6(3-8(7)17)11-4-9(18)13-12(22-11)5-10(19)14(20)15(13)21;7-4-6-3-5(8)1-2-9-6/h1-5,16-17,19-21H;5-8H,1-4H2. The molecule has 10 nitrogen and oxygen atoms in total. The van der Waals surface area contributed by atoms with Crippen molar-refractivity contribution >= 4 is 11.0 Å². The summed E-state index contributed by atoms with van der Waals surface area (Å²) >= 11 is 0. The van der Waals surface area contributed by atoms with Gasteiger partial charge in [-0.25, -0.2) is 0 Å². The topological polar surface area (TPSA) is 181 Å². The lowest BCUT2D eigenvalue weighted by atomic mass is 10.1. The maximum absolute atomic E-state index is 12.1. The molecule has 1 saturated heterocycles. The molecule has 10 heteroatoms. The molecule has 1 aliphatic rings. The average molecular weight is 434 g/mol. The molecule has 1 aliphatic heterocycles. The van der Waals surface area contributed by atoms with Crippen LogP contribution in [0, 0.1) is 0 Å². The van der Waals surface area contributed by atoms with Crippen molar-refractivity contribution in [2.45, 2.75) is 25.0 Å². The maximum atomic E-state index is 12.1. The summed E-state index contributed by atoms with van der Waals surface area (Å²) in [6.07, 6.45) is 0.886. The van der Waals surface area contributed by atoms with Crippen LogP contribution >= 0.6 is 0 Å². The predicted molar refractivity (Wildman–Crippen MR) is 108 cm³/mol. The fourth-order valence-electron chi connectivity index (χ4n) is 3.09. The molecular formula is C21H22O10. The number of phenolic OH excluding ortho intramolecular Hbond substituents is 5. The maximum Gasteiger partial charge on any atom is 0.201 e. The number of aliphatic hydroxyl groups is 2. The highest BCUT2D eigenvalue weighted by molar-refractivity contribution is 5.89. The molecular weight excluding hydrogens is 412 g/mol. The zero-order chi connectivity index (χ0) is 22.7. The van der Waals surface area contributed by atoms with Crippen molar-refractivity contribution in [3.63, 3.8) is 0 Å². The molecule has 0 spiro atoms. The Balaban J connectivity index is 0.000000254. The Hall–Kier alpha value is -3.47. The third-order valence-corrected chi connectivity index (χ3v) is 4.75. The first kappa shape index (κ1) is 22.2. The van der Waals surface area contributed by atoms with Gasteiger partial charge in [-0.15, -0.1) is 0 Å². The summed E-state index contributed by atoms with van der Waals surface area (Å²) < 4.78 is 10.5. The van der Waals surface area contributed by atoms with Gasteiger partial charge in [-0.1, -0.05) is 0 Å². The Kier molecular flexibility index (Phi) is 6.54. The quantitative estimate of drug-likeness (QED) is 0.292. The number of hydrogen-bond acceptors (Lipinski definition) is 10. The number of benzene rings is 2. The highest BCUT2D eigenvalue weighted by atomic mass is 16.5. The van der Waals surface area contributed by atoms with Gasteiger partial charge >= 0.3 is 0 Å². The lowest BCUT2D eigenvalue weighted by Crippen LogP contribution is -2.31. The van der Waals surface area contributed by atoms with E-state index in [1.165, 1.54) is 18.2 Å². The summed E-state index contributed by atoms with van der Waals surface area (Å²) in [6.45, 7) is 0.601. The summed E-state index contributed by atoms with van der Waals surface area (Å²) in [5.41, 5.74) is -0.471. The Morgan fingerprint density at radius 2 is 1.68 bits per heavy atom. The minimum absolute atomic E-state index is 0.0249. The normalized spacial score (nSPS) is 18.4.